The van der Waals surface area contributed by atoms with Crippen molar-refractivity contribution in [2.75, 3.05) is 6.54 Å². The quantitative estimate of drug-likeness (QED) is 0.647. The second-order valence-corrected chi connectivity index (χ2v) is 6.81. The molecular formula is C20H20FN5O2. The van der Waals surface area contributed by atoms with Gasteiger partial charge in [-0.25, -0.2) is 14.2 Å². The summed E-state index contributed by atoms with van der Waals surface area (Å²) in [5, 5.41) is 8.16. The molecule has 3 aromatic rings. The van der Waals surface area contributed by atoms with Crippen LogP contribution < -0.4 is 16.0 Å². The Morgan fingerprint density at radius 2 is 2.07 bits per heavy atom. The van der Waals surface area contributed by atoms with Crippen molar-refractivity contribution in [1.29, 1.82) is 0 Å². The minimum absolute atomic E-state index is 0.174. The zero-order valence-electron chi connectivity index (χ0n) is 15.3. The van der Waals surface area contributed by atoms with Gasteiger partial charge < -0.3 is 20.4 Å². The van der Waals surface area contributed by atoms with E-state index in [4.69, 9.17) is 0 Å². The number of nitrogens with zero attached hydrogens (tertiary/aromatic N) is 2. The maximum absolute atomic E-state index is 13.3. The van der Waals surface area contributed by atoms with Gasteiger partial charge in [0.05, 0.1) is 17.9 Å². The summed E-state index contributed by atoms with van der Waals surface area (Å²) in [4.78, 5) is 28.5. The van der Waals surface area contributed by atoms with E-state index in [1.54, 1.807) is 12.1 Å². The van der Waals surface area contributed by atoms with E-state index in [0.717, 1.165) is 22.5 Å². The predicted octanol–water partition coefficient (Wildman–Crippen LogP) is 2.14. The van der Waals surface area contributed by atoms with E-state index >= 15 is 0 Å². The molecule has 2 aromatic heterocycles. The van der Waals surface area contributed by atoms with Crippen molar-refractivity contribution < 1.29 is 14.0 Å². The molecule has 3 N–H and O–H groups in total. The lowest BCUT2D eigenvalue weighted by atomic mass is 10.1. The molecule has 1 aromatic carbocycles. The molecule has 1 aliphatic heterocycles. The summed E-state index contributed by atoms with van der Waals surface area (Å²) < 4.78 is 15.2. The summed E-state index contributed by atoms with van der Waals surface area (Å²) >= 11 is 0. The normalized spacial score (nSPS) is 16.2. The van der Waals surface area contributed by atoms with E-state index in [0.29, 0.717) is 18.7 Å². The molecule has 1 unspecified atom stereocenters. The fraction of sp³-hybridized carbons (Fsp3) is 0.250. The summed E-state index contributed by atoms with van der Waals surface area (Å²) in [5.74, 6) is -0.496. The Morgan fingerprint density at radius 3 is 2.79 bits per heavy atom. The number of hydrogen-bond donors (Lipinski definition) is 3. The third-order valence-electron chi connectivity index (χ3n) is 4.75. The number of hydrogen-bond acceptors (Lipinski definition) is 3. The topological polar surface area (TPSA) is 87.5 Å². The SMILES string of the molecule is Cc1ccc2nc(-c3ccc(F)cc3)c(CNC(=O)NC3CCNC3=O)n2c1. The Labute approximate surface area is 161 Å². The van der Waals surface area contributed by atoms with Crippen LogP contribution in [-0.2, 0) is 11.3 Å². The Balaban J connectivity index is 1.61. The maximum atomic E-state index is 13.3. The lowest BCUT2D eigenvalue weighted by Gasteiger charge is -2.12. The molecule has 1 fully saturated rings. The van der Waals surface area contributed by atoms with Gasteiger partial charge in [-0.05, 0) is 49.2 Å². The van der Waals surface area contributed by atoms with Gasteiger partial charge in [-0.2, -0.15) is 0 Å². The third-order valence-corrected chi connectivity index (χ3v) is 4.75. The molecule has 1 atom stereocenters. The van der Waals surface area contributed by atoms with E-state index < -0.39 is 12.1 Å². The maximum Gasteiger partial charge on any atom is 0.315 e. The largest absolute Gasteiger partial charge is 0.354 e. The van der Waals surface area contributed by atoms with Crippen LogP contribution in [0.15, 0.2) is 42.6 Å². The first-order valence-corrected chi connectivity index (χ1v) is 9.07. The number of nitrogens with one attached hydrogen (secondary N) is 3. The average molecular weight is 381 g/mol. The van der Waals surface area contributed by atoms with Crippen LogP contribution in [0.5, 0.6) is 0 Å². The summed E-state index contributed by atoms with van der Waals surface area (Å²) in [6.45, 7) is 2.74. The van der Waals surface area contributed by atoms with Gasteiger partial charge in [-0.15, -0.1) is 0 Å². The average Bonchev–Trinajstić information content (AvgIpc) is 3.24. The zero-order valence-corrected chi connectivity index (χ0v) is 15.3. The van der Waals surface area contributed by atoms with Crippen LogP contribution in [0.2, 0.25) is 0 Å². The van der Waals surface area contributed by atoms with Gasteiger partial charge >= 0.3 is 6.03 Å². The second kappa shape index (κ2) is 7.30. The van der Waals surface area contributed by atoms with Crippen molar-refractivity contribution in [3.05, 3.63) is 59.7 Å². The highest BCUT2D eigenvalue weighted by molar-refractivity contribution is 5.88. The first-order valence-electron chi connectivity index (χ1n) is 9.07. The van der Waals surface area contributed by atoms with Crippen LogP contribution in [0.1, 0.15) is 17.7 Å². The molecule has 1 saturated heterocycles. The van der Waals surface area contributed by atoms with Crippen molar-refractivity contribution in [1.82, 2.24) is 25.3 Å². The van der Waals surface area contributed by atoms with Gasteiger partial charge in [0, 0.05) is 18.3 Å². The minimum Gasteiger partial charge on any atom is -0.354 e. The van der Waals surface area contributed by atoms with Crippen LogP contribution in [0.3, 0.4) is 0 Å². The number of carbonyl (C=O) groups excluding carboxylic acids is 2. The van der Waals surface area contributed by atoms with Crippen LogP contribution in [0.4, 0.5) is 9.18 Å². The van der Waals surface area contributed by atoms with Crippen molar-refractivity contribution >= 4 is 17.6 Å². The number of amides is 3. The second-order valence-electron chi connectivity index (χ2n) is 6.81. The number of aromatic nitrogens is 2. The standard InChI is InChI=1S/C20H20FN5O2/c1-12-2-7-17-25-18(13-3-5-14(21)6-4-13)16(26(17)11-12)10-23-20(28)24-15-8-9-22-19(15)27/h2-7,11,15H,8-10H2,1H3,(H,22,27)(H2,23,24,28). The Bertz CT molecular complexity index is 1040. The van der Waals surface area contributed by atoms with Crippen molar-refractivity contribution in [2.45, 2.75) is 25.9 Å². The number of pyridine rings is 1. The molecule has 0 aliphatic carbocycles. The monoisotopic (exact) mass is 381 g/mol. The highest BCUT2D eigenvalue weighted by atomic mass is 19.1. The number of carbonyl (C=O) groups is 2. The zero-order chi connectivity index (χ0) is 19.7. The lowest BCUT2D eigenvalue weighted by molar-refractivity contribution is -0.120. The lowest BCUT2D eigenvalue weighted by Crippen LogP contribution is -2.45. The molecule has 0 bridgehead atoms. The first kappa shape index (κ1) is 18.0. The van der Waals surface area contributed by atoms with E-state index in [1.165, 1.54) is 12.1 Å². The summed E-state index contributed by atoms with van der Waals surface area (Å²) in [6.07, 6.45) is 2.51. The van der Waals surface area contributed by atoms with E-state index in [1.807, 2.05) is 29.7 Å². The number of rotatable bonds is 4. The molecule has 3 heterocycles. The summed E-state index contributed by atoms with van der Waals surface area (Å²) in [5.41, 5.74) is 3.98. The molecule has 8 heteroatoms. The Kier molecular flexibility index (Phi) is 4.68. The molecular weight excluding hydrogens is 361 g/mol. The molecule has 4 rings (SSSR count). The number of imidazole rings is 1. The van der Waals surface area contributed by atoms with Gasteiger partial charge in [0.2, 0.25) is 5.91 Å². The van der Waals surface area contributed by atoms with Crippen LogP contribution in [0, 0.1) is 12.7 Å². The molecule has 0 radical (unpaired) electrons. The van der Waals surface area contributed by atoms with E-state index in [2.05, 4.69) is 20.9 Å². The number of halogens is 1. The number of fused-ring (bicyclic) bond motifs is 1. The molecule has 0 spiro atoms. The van der Waals surface area contributed by atoms with Crippen LogP contribution in [-0.4, -0.2) is 33.9 Å². The van der Waals surface area contributed by atoms with Crippen molar-refractivity contribution in [2.24, 2.45) is 0 Å². The van der Waals surface area contributed by atoms with Gasteiger partial charge in [-0.1, -0.05) is 6.07 Å². The summed E-state index contributed by atoms with van der Waals surface area (Å²) in [7, 11) is 0. The summed E-state index contributed by atoms with van der Waals surface area (Å²) in [6, 6.07) is 9.01. The smallest absolute Gasteiger partial charge is 0.315 e. The molecule has 7 nitrogen and oxygen atoms in total. The van der Waals surface area contributed by atoms with Crippen molar-refractivity contribution in [3.8, 4) is 11.3 Å². The molecule has 1 aliphatic rings. The van der Waals surface area contributed by atoms with Crippen molar-refractivity contribution in [3.63, 3.8) is 0 Å². The fourth-order valence-electron chi connectivity index (χ4n) is 3.31. The Morgan fingerprint density at radius 1 is 1.29 bits per heavy atom. The van der Waals surface area contributed by atoms with E-state index in [9.17, 15) is 14.0 Å². The van der Waals surface area contributed by atoms with E-state index in [-0.39, 0.29) is 18.3 Å². The molecule has 0 saturated carbocycles. The highest BCUT2D eigenvalue weighted by Gasteiger charge is 2.25. The number of aryl methyl sites for hydroxylation is 1. The van der Waals surface area contributed by atoms with Gasteiger partial charge in [0.25, 0.3) is 0 Å². The minimum atomic E-state index is -0.513. The van der Waals surface area contributed by atoms with Gasteiger partial charge in [-0.3, -0.25) is 4.79 Å². The third kappa shape index (κ3) is 3.53. The predicted molar refractivity (Wildman–Crippen MR) is 102 cm³/mol. The van der Waals surface area contributed by atoms with Crippen LogP contribution in [0.25, 0.3) is 16.9 Å². The van der Waals surface area contributed by atoms with Crippen LogP contribution >= 0.6 is 0 Å². The van der Waals surface area contributed by atoms with Gasteiger partial charge in [0.15, 0.2) is 0 Å². The molecule has 144 valence electrons. The first-order chi connectivity index (χ1) is 13.5. The molecule has 3 amide bonds. The van der Waals surface area contributed by atoms with Gasteiger partial charge in [0.1, 0.15) is 17.5 Å². The fourth-order valence-corrected chi connectivity index (χ4v) is 3.31. The number of urea groups is 1. The highest BCUT2D eigenvalue weighted by Crippen LogP contribution is 2.25. The molecule has 28 heavy (non-hydrogen) atoms. The number of benzene rings is 1. The Hall–Kier alpha value is -3.42.